The maximum Gasteiger partial charge on any atom is 0.193 e. The largest absolute Gasteiger partial charge is 0.386 e. The molecule has 0 bridgehead atoms. The molecule has 1 unspecified atom stereocenters. The highest BCUT2D eigenvalue weighted by molar-refractivity contribution is 7.07. The van der Waals surface area contributed by atoms with E-state index in [0.29, 0.717) is 5.96 Å². The molecule has 4 N–H and O–H groups in total. The maximum atomic E-state index is 9.84. The molecule has 0 saturated carbocycles. The molecule has 0 spiro atoms. The van der Waals surface area contributed by atoms with Gasteiger partial charge in [0.15, 0.2) is 5.96 Å². The van der Waals surface area contributed by atoms with Crippen molar-refractivity contribution in [2.24, 2.45) is 10.7 Å². The van der Waals surface area contributed by atoms with Crippen LogP contribution in [0, 0.1) is 0 Å². The van der Waals surface area contributed by atoms with Gasteiger partial charge in [0.05, 0.1) is 12.6 Å². The van der Waals surface area contributed by atoms with Gasteiger partial charge >= 0.3 is 0 Å². The molecular weight excluding hydrogens is 246 g/mol. The van der Waals surface area contributed by atoms with Crippen LogP contribution in [0.2, 0.25) is 0 Å². The molecule has 0 aliphatic rings. The van der Waals surface area contributed by atoms with Gasteiger partial charge in [0.25, 0.3) is 0 Å². The van der Waals surface area contributed by atoms with Crippen molar-refractivity contribution in [3.63, 3.8) is 0 Å². The minimum atomic E-state index is -0.604. The fourth-order valence-corrected chi connectivity index (χ4v) is 2.17. The molecule has 1 aromatic heterocycles. The van der Waals surface area contributed by atoms with E-state index in [4.69, 9.17) is 5.73 Å². The molecule has 0 amide bonds. The van der Waals surface area contributed by atoms with Gasteiger partial charge in [-0.1, -0.05) is 18.2 Å². The SMILES string of the molecule is NC(=NCC(O)c1ccsc1)Nc1ccccc1. The number of nitrogens with one attached hydrogen (secondary N) is 1. The van der Waals surface area contributed by atoms with Crippen molar-refractivity contribution >= 4 is 23.0 Å². The van der Waals surface area contributed by atoms with Gasteiger partial charge in [-0.15, -0.1) is 0 Å². The summed E-state index contributed by atoms with van der Waals surface area (Å²) in [5.41, 5.74) is 7.49. The molecule has 0 fully saturated rings. The number of aliphatic hydroxyl groups is 1. The molecule has 4 nitrogen and oxygen atoms in total. The number of benzene rings is 1. The van der Waals surface area contributed by atoms with Crippen molar-refractivity contribution in [2.75, 3.05) is 11.9 Å². The lowest BCUT2D eigenvalue weighted by Gasteiger charge is -2.08. The zero-order valence-corrected chi connectivity index (χ0v) is 10.6. The van der Waals surface area contributed by atoms with Crippen molar-refractivity contribution in [3.8, 4) is 0 Å². The smallest absolute Gasteiger partial charge is 0.193 e. The van der Waals surface area contributed by atoms with Crippen molar-refractivity contribution in [1.82, 2.24) is 0 Å². The Balaban J connectivity index is 1.89. The van der Waals surface area contributed by atoms with Gasteiger partial charge < -0.3 is 16.2 Å². The zero-order chi connectivity index (χ0) is 12.8. The Morgan fingerprint density at radius 3 is 2.78 bits per heavy atom. The number of para-hydroxylation sites is 1. The number of thiophene rings is 1. The number of nitrogens with zero attached hydrogens (tertiary/aromatic N) is 1. The van der Waals surface area contributed by atoms with Crippen molar-refractivity contribution in [1.29, 1.82) is 0 Å². The van der Waals surface area contributed by atoms with E-state index in [1.165, 1.54) is 0 Å². The number of aliphatic imine (C=N–C) groups is 1. The Labute approximate surface area is 110 Å². The van der Waals surface area contributed by atoms with E-state index in [1.54, 1.807) is 11.3 Å². The summed E-state index contributed by atoms with van der Waals surface area (Å²) < 4.78 is 0. The van der Waals surface area contributed by atoms with E-state index < -0.39 is 6.10 Å². The second-order valence-electron chi connectivity index (χ2n) is 3.79. The molecule has 1 aromatic carbocycles. The zero-order valence-electron chi connectivity index (χ0n) is 9.78. The number of anilines is 1. The second-order valence-corrected chi connectivity index (χ2v) is 4.57. The van der Waals surface area contributed by atoms with Crippen LogP contribution in [0.25, 0.3) is 0 Å². The standard InChI is InChI=1S/C13H15N3OS/c14-13(16-11-4-2-1-3-5-11)15-8-12(17)10-6-7-18-9-10/h1-7,9,12,17H,8H2,(H3,14,15,16). The van der Waals surface area contributed by atoms with Crippen molar-refractivity contribution in [2.45, 2.75) is 6.10 Å². The van der Waals surface area contributed by atoms with E-state index in [1.807, 2.05) is 47.2 Å². The summed E-state index contributed by atoms with van der Waals surface area (Å²) in [5.74, 6) is 0.301. The van der Waals surface area contributed by atoms with Gasteiger partial charge in [-0.3, -0.25) is 4.99 Å². The lowest BCUT2D eigenvalue weighted by Crippen LogP contribution is -2.23. The van der Waals surface area contributed by atoms with E-state index in [9.17, 15) is 5.11 Å². The summed E-state index contributed by atoms with van der Waals surface area (Å²) in [6, 6.07) is 11.4. The van der Waals surface area contributed by atoms with Crippen LogP contribution in [0.1, 0.15) is 11.7 Å². The number of aliphatic hydroxyl groups excluding tert-OH is 1. The predicted octanol–water partition coefficient (Wildman–Crippen LogP) is 2.21. The average molecular weight is 261 g/mol. The van der Waals surface area contributed by atoms with Gasteiger partial charge in [0, 0.05) is 5.69 Å². The summed E-state index contributed by atoms with van der Waals surface area (Å²) in [7, 11) is 0. The molecule has 0 saturated heterocycles. The Morgan fingerprint density at radius 2 is 2.11 bits per heavy atom. The molecule has 2 rings (SSSR count). The third-order valence-electron chi connectivity index (χ3n) is 2.41. The first-order valence-corrected chi connectivity index (χ1v) is 6.52. The van der Waals surface area contributed by atoms with Gasteiger partial charge in [-0.25, -0.2) is 0 Å². The Hall–Kier alpha value is -1.85. The van der Waals surface area contributed by atoms with Gasteiger partial charge in [0.1, 0.15) is 0 Å². The van der Waals surface area contributed by atoms with E-state index >= 15 is 0 Å². The third kappa shape index (κ3) is 3.58. The molecule has 94 valence electrons. The van der Waals surface area contributed by atoms with Crippen LogP contribution in [0.5, 0.6) is 0 Å². The van der Waals surface area contributed by atoms with Crippen LogP contribution in [-0.2, 0) is 0 Å². The fourth-order valence-electron chi connectivity index (χ4n) is 1.46. The predicted molar refractivity (Wildman–Crippen MR) is 75.8 cm³/mol. The minimum absolute atomic E-state index is 0.252. The van der Waals surface area contributed by atoms with Crippen LogP contribution in [0.3, 0.4) is 0 Å². The Bertz CT molecular complexity index is 496. The van der Waals surface area contributed by atoms with Crippen LogP contribution < -0.4 is 11.1 Å². The second kappa shape index (κ2) is 6.18. The highest BCUT2D eigenvalue weighted by Crippen LogP contribution is 2.16. The van der Waals surface area contributed by atoms with Crippen molar-refractivity contribution in [3.05, 3.63) is 52.7 Å². The molecule has 1 heterocycles. The monoisotopic (exact) mass is 261 g/mol. The quantitative estimate of drug-likeness (QED) is 0.583. The van der Waals surface area contributed by atoms with E-state index in [-0.39, 0.29) is 6.54 Å². The Morgan fingerprint density at radius 1 is 1.33 bits per heavy atom. The molecule has 0 aliphatic heterocycles. The van der Waals surface area contributed by atoms with Gasteiger partial charge in [-0.05, 0) is 34.5 Å². The molecule has 0 radical (unpaired) electrons. The van der Waals surface area contributed by atoms with Crippen LogP contribution in [-0.4, -0.2) is 17.6 Å². The first kappa shape index (κ1) is 12.6. The number of rotatable bonds is 4. The highest BCUT2D eigenvalue weighted by Gasteiger charge is 2.06. The van der Waals surface area contributed by atoms with E-state index in [2.05, 4.69) is 10.3 Å². The number of hydrogen-bond acceptors (Lipinski definition) is 3. The van der Waals surface area contributed by atoms with Gasteiger partial charge in [-0.2, -0.15) is 11.3 Å². The van der Waals surface area contributed by atoms with Crippen LogP contribution >= 0.6 is 11.3 Å². The molecule has 0 aliphatic carbocycles. The molecular formula is C13H15N3OS. The van der Waals surface area contributed by atoms with E-state index in [0.717, 1.165) is 11.3 Å². The first-order valence-electron chi connectivity index (χ1n) is 5.58. The maximum absolute atomic E-state index is 9.84. The lowest BCUT2D eigenvalue weighted by molar-refractivity contribution is 0.188. The van der Waals surface area contributed by atoms with Gasteiger partial charge in [0.2, 0.25) is 0 Å². The first-order chi connectivity index (χ1) is 8.75. The number of nitrogens with two attached hydrogens (primary N) is 1. The fraction of sp³-hybridized carbons (Fsp3) is 0.154. The number of guanidine groups is 1. The molecule has 18 heavy (non-hydrogen) atoms. The van der Waals surface area contributed by atoms with Crippen molar-refractivity contribution < 1.29 is 5.11 Å². The summed E-state index contributed by atoms with van der Waals surface area (Å²) in [6.45, 7) is 0.252. The Kier molecular flexibility index (Phi) is 4.33. The average Bonchev–Trinajstić information content (AvgIpc) is 2.91. The normalized spacial score (nSPS) is 13.3. The van der Waals surface area contributed by atoms with Crippen LogP contribution in [0.4, 0.5) is 5.69 Å². The molecule has 2 aromatic rings. The molecule has 1 atom stereocenters. The lowest BCUT2D eigenvalue weighted by atomic mass is 10.2. The van der Waals surface area contributed by atoms with Crippen LogP contribution in [0.15, 0.2) is 52.2 Å². The minimum Gasteiger partial charge on any atom is -0.386 e. The molecule has 5 heteroatoms. The third-order valence-corrected chi connectivity index (χ3v) is 3.11. The summed E-state index contributed by atoms with van der Waals surface area (Å²) in [4.78, 5) is 4.11. The summed E-state index contributed by atoms with van der Waals surface area (Å²) >= 11 is 1.55. The highest BCUT2D eigenvalue weighted by atomic mass is 32.1. The summed E-state index contributed by atoms with van der Waals surface area (Å²) in [6.07, 6.45) is -0.604. The topological polar surface area (TPSA) is 70.6 Å². The summed E-state index contributed by atoms with van der Waals surface area (Å²) in [5, 5.41) is 16.6. The number of hydrogen-bond donors (Lipinski definition) is 3.